The van der Waals surface area contributed by atoms with Crippen LogP contribution in [0.4, 0.5) is 0 Å². The van der Waals surface area contributed by atoms with Gasteiger partial charge < -0.3 is 9.47 Å². The van der Waals surface area contributed by atoms with Crippen LogP contribution in [0, 0.1) is 11.8 Å². The van der Waals surface area contributed by atoms with Gasteiger partial charge in [0, 0.05) is 24.0 Å². The Labute approximate surface area is 205 Å². The van der Waals surface area contributed by atoms with Gasteiger partial charge in [-0.1, -0.05) is 65.2 Å². The topological polar surface area (TPSA) is 86.7 Å². The second-order valence-corrected chi connectivity index (χ2v) is 9.94. The zero-order valence-corrected chi connectivity index (χ0v) is 21.2. The summed E-state index contributed by atoms with van der Waals surface area (Å²) in [6.45, 7) is 4.06. The summed E-state index contributed by atoms with van der Waals surface area (Å²) in [5, 5.41) is 0. The molecular weight excluding hydrogens is 432 g/mol. The molecule has 2 aliphatic carbocycles. The Kier molecular flexibility index (Phi) is 13.2. The van der Waals surface area contributed by atoms with Crippen molar-refractivity contribution in [2.75, 3.05) is 0 Å². The van der Waals surface area contributed by atoms with E-state index < -0.39 is 24.1 Å². The van der Waals surface area contributed by atoms with Gasteiger partial charge in [0.25, 0.3) is 0 Å². The quantitative estimate of drug-likeness (QED) is 0.224. The van der Waals surface area contributed by atoms with Crippen molar-refractivity contribution in [1.29, 1.82) is 0 Å². The van der Waals surface area contributed by atoms with Gasteiger partial charge in [0.1, 0.15) is 0 Å². The molecule has 0 aliphatic heterocycles. The molecule has 0 aromatic carbocycles. The Hall–Kier alpha value is -1.98. The van der Waals surface area contributed by atoms with E-state index in [9.17, 15) is 19.2 Å². The van der Waals surface area contributed by atoms with Crippen LogP contribution in [0.3, 0.4) is 0 Å². The van der Waals surface area contributed by atoms with E-state index in [4.69, 9.17) is 9.47 Å². The van der Waals surface area contributed by atoms with Crippen molar-refractivity contribution in [3.8, 4) is 0 Å². The van der Waals surface area contributed by atoms with Crippen molar-refractivity contribution < 1.29 is 28.7 Å². The fourth-order valence-corrected chi connectivity index (χ4v) is 5.09. The minimum Gasteiger partial charge on any atom is -0.451 e. The fraction of sp³-hybridized carbons (Fsp3) is 0.786. The first-order valence-corrected chi connectivity index (χ1v) is 13.6. The van der Waals surface area contributed by atoms with Gasteiger partial charge in [0.05, 0.1) is 0 Å². The molecule has 0 amide bonds. The fourth-order valence-electron chi connectivity index (χ4n) is 5.09. The van der Waals surface area contributed by atoms with Crippen LogP contribution in [0.25, 0.3) is 0 Å². The lowest BCUT2D eigenvalue weighted by Crippen LogP contribution is -2.34. The van der Waals surface area contributed by atoms with Crippen molar-refractivity contribution in [2.24, 2.45) is 11.8 Å². The summed E-state index contributed by atoms with van der Waals surface area (Å²) in [4.78, 5) is 50.7. The molecule has 6 heteroatoms. The van der Waals surface area contributed by atoms with Crippen LogP contribution in [0.15, 0.2) is 12.2 Å². The first-order chi connectivity index (χ1) is 16.5. The molecule has 2 atom stereocenters. The molecule has 0 saturated heterocycles. The van der Waals surface area contributed by atoms with Crippen LogP contribution in [0.5, 0.6) is 0 Å². The number of esters is 2. The Bertz CT molecular complexity index is 627. The standard InChI is InChI=1S/C28H44O6/c1-3-5-17-23(27(31)21-13-9-7-10-14-21)33-25(29)19-20-26(30)34-24(18-6-4-2)28(32)22-15-11-8-12-16-22/h19-24H,3-18H2,1-2H3/b20-19+. The number of carbonyl (C=O) groups is 4. The lowest BCUT2D eigenvalue weighted by molar-refractivity contribution is -0.154. The van der Waals surface area contributed by atoms with E-state index in [1.54, 1.807) is 0 Å². The molecule has 2 saturated carbocycles. The van der Waals surface area contributed by atoms with Crippen molar-refractivity contribution in [1.82, 2.24) is 0 Å². The molecule has 2 unspecified atom stereocenters. The highest BCUT2D eigenvalue weighted by Gasteiger charge is 2.31. The number of hydrogen-bond donors (Lipinski definition) is 0. The average Bonchev–Trinajstić information content (AvgIpc) is 2.87. The lowest BCUT2D eigenvalue weighted by atomic mass is 9.83. The highest BCUT2D eigenvalue weighted by Crippen LogP contribution is 2.28. The molecule has 0 bridgehead atoms. The number of Topliss-reactive ketones (excluding diaryl/α,β-unsaturated/α-hetero) is 2. The largest absolute Gasteiger partial charge is 0.451 e. The Morgan fingerprint density at radius 1 is 0.647 bits per heavy atom. The molecule has 0 aromatic heterocycles. The van der Waals surface area contributed by atoms with E-state index in [-0.39, 0.29) is 23.4 Å². The second kappa shape index (κ2) is 15.8. The minimum absolute atomic E-state index is 0.00943. The zero-order chi connectivity index (χ0) is 24.8. The van der Waals surface area contributed by atoms with Crippen LogP contribution in [0.1, 0.15) is 117 Å². The van der Waals surface area contributed by atoms with E-state index in [1.807, 2.05) is 13.8 Å². The average molecular weight is 477 g/mol. The second-order valence-electron chi connectivity index (χ2n) is 9.94. The first-order valence-electron chi connectivity index (χ1n) is 13.6. The predicted octanol–water partition coefficient (Wildman–Crippen LogP) is 6.05. The van der Waals surface area contributed by atoms with Crippen molar-refractivity contribution in [3.63, 3.8) is 0 Å². The monoisotopic (exact) mass is 476 g/mol. The summed E-state index contributed by atoms with van der Waals surface area (Å²) < 4.78 is 11.0. The van der Waals surface area contributed by atoms with Crippen LogP contribution < -0.4 is 0 Å². The van der Waals surface area contributed by atoms with Crippen molar-refractivity contribution in [2.45, 2.75) is 129 Å². The Balaban J connectivity index is 1.92. The third-order valence-corrected chi connectivity index (χ3v) is 7.16. The number of rotatable bonds is 14. The van der Waals surface area contributed by atoms with Gasteiger partial charge in [-0.25, -0.2) is 9.59 Å². The van der Waals surface area contributed by atoms with E-state index in [2.05, 4.69) is 0 Å². The highest BCUT2D eigenvalue weighted by atomic mass is 16.6. The van der Waals surface area contributed by atoms with Crippen LogP contribution >= 0.6 is 0 Å². The molecule has 192 valence electrons. The summed E-state index contributed by atoms with van der Waals surface area (Å²) in [6.07, 6.45) is 14.8. The highest BCUT2D eigenvalue weighted by molar-refractivity contribution is 5.95. The SMILES string of the molecule is CCCCC(OC(=O)/C=C/C(=O)OC(CCCC)C(=O)C1CCCCC1)C(=O)C1CCCCC1. The smallest absolute Gasteiger partial charge is 0.331 e. The lowest BCUT2D eigenvalue weighted by Gasteiger charge is -2.25. The van der Waals surface area contributed by atoms with Gasteiger partial charge in [0.15, 0.2) is 23.8 Å². The van der Waals surface area contributed by atoms with E-state index in [0.717, 1.165) is 102 Å². The molecule has 0 N–H and O–H groups in total. The Morgan fingerprint density at radius 3 is 1.32 bits per heavy atom. The number of ketones is 2. The maximum Gasteiger partial charge on any atom is 0.331 e. The molecule has 2 aliphatic rings. The number of hydrogen-bond acceptors (Lipinski definition) is 6. The van der Waals surface area contributed by atoms with Crippen LogP contribution in [0.2, 0.25) is 0 Å². The van der Waals surface area contributed by atoms with Gasteiger partial charge in [-0.15, -0.1) is 0 Å². The van der Waals surface area contributed by atoms with Crippen molar-refractivity contribution >= 4 is 23.5 Å². The summed E-state index contributed by atoms with van der Waals surface area (Å²) >= 11 is 0. The zero-order valence-electron chi connectivity index (χ0n) is 21.2. The van der Waals surface area contributed by atoms with E-state index >= 15 is 0 Å². The summed E-state index contributed by atoms with van der Waals surface area (Å²) in [6, 6.07) is 0. The number of ether oxygens (including phenoxy) is 2. The van der Waals surface area contributed by atoms with E-state index in [0.29, 0.717) is 12.8 Å². The van der Waals surface area contributed by atoms with Gasteiger partial charge in [0.2, 0.25) is 0 Å². The Morgan fingerprint density at radius 2 is 1.00 bits per heavy atom. The normalized spacial score (nSPS) is 19.5. The maximum atomic E-state index is 12.9. The summed E-state index contributed by atoms with van der Waals surface area (Å²) in [7, 11) is 0. The number of carbonyl (C=O) groups excluding carboxylic acids is 4. The predicted molar refractivity (Wildman–Crippen MR) is 131 cm³/mol. The summed E-state index contributed by atoms with van der Waals surface area (Å²) in [5.74, 6) is -1.49. The first kappa shape index (κ1) is 28.3. The van der Waals surface area contributed by atoms with Crippen LogP contribution in [-0.4, -0.2) is 35.7 Å². The summed E-state index contributed by atoms with van der Waals surface area (Å²) in [5.41, 5.74) is 0. The molecule has 2 fully saturated rings. The molecule has 2 rings (SSSR count). The molecule has 34 heavy (non-hydrogen) atoms. The van der Waals surface area contributed by atoms with Crippen LogP contribution in [-0.2, 0) is 28.7 Å². The molecule has 0 heterocycles. The van der Waals surface area contributed by atoms with Gasteiger partial charge >= 0.3 is 11.9 Å². The molecule has 0 radical (unpaired) electrons. The third-order valence-electron chi connectivity index (χ3n) is 7.16. The molecular formula is C28H44O6. The number of unbranched alkanes of at least 4 members (excludes halogenated alkanes) is 2. The molecule has 0 aromatic rings. The van der Waals surface area contributed by atoms with Gasteiger partial charge in [-0.3, -0.25) is 9.59 Å². The van der Waals surface area contributed by atoms with E-state index in [1.165, 1.54) is 0 Å². The maximum absolute atomic E-state index is 12.9. The van der Waals surface area contributed by atoms with Crippen molar-refractivity contribution in [3.05, 3.63) is 12.2 Å². The minimum atomic E-state index is -0.763. The molecule has 0 spiro atoms. The third kappa shape index (κ3) is 9.71. The van der Waals surface area contributed by atoms with Gasteiger partial charge in [-0.2, -0.15) is 0 Å². The molecule has 6 nitrogen and oxygen atoms in total. The van der Waals surface area contributed by atoms with Gasteiger partial charge in [-0.05, 0) is 51.4 Å².